The van der Waals surface area contributed by atoms with Gasteiger partial charge in [0.1, 0.15) is 11.3 Å². The van der Waals surface area contributed by atoms with Gasteiger partial charge in [-0.2, -0.15) is 0 Å². The number of nitrogens with one attached hydrogen (secondary N) is 3. The highest BCUT2D eigenvalue weighted by molar-refractivity contribution is 5.68. The molecule has 2 rings (SSSR count). The summed E-state index contributed by atoms with van der Waals surface area (Å²) in [6.07, 6.45) is 1.78. The lowest BCUT2D eigenvalue weighted by Crippen LogP contribution is -2.21. The van der Waals surface area contributed by atoms with Crippen LogP contribution in [-0.2, 0) is 0 Å². The molecule has 0 aliphatic heterocycles. The van der Waals surface area contributed by atoms with Crippen LogP contribution in [0, 0.1) is 0 Å². The first kappa shape index (κ1) is 11.6. The van der Waals surface area contributed by atoms with Gasteiger partial charge in [0.2, 0.25) is 0 Å². The van der Waals surface area contributed by atoms with Crippen LogP contribution in [0.3, 0.4) is 0 Å². The van der Waals surface area contributed by atoms with E-state index in [9.17, 15) is 9.59 Å². The first-order chi connectivity index (χ1) is 8.11. The molecule has 0 radical (unpaired) electrons. The van der Waals surface area contributed by atoms with Crippen LogP contribution in [0.5, 0.6) is 0 Å². The quantitative estimate of drug-likeness (QED) is 0.587. The smallest absolute Gasteiger partial charge is 0.327 e. The van der Waals surface area contributed by atoms with E-state index in [2.05, 4.69) is 19.9 Å². The van der Waals surface area contributed by atoms with Gasteiger partial charge >= 0.3 is 5.69 Å². The normalized spacial score (nSPS) is 13.1. The van der Waals surface area contributed by atoms with Crippen molar-refractivity contribution in [3.05, 3.63) is 26.7 Å². The average molecular weight is 237 g/mol. The van der Waals surface area contributed by atoms with E-state index in [4.69, 9.17) is 5.73 Å². The molecule has 1 atom stereocenters. The predicted octanol–water partition coefficient (Wildman–Crippen LogP) is -0.218. The molecule has 1 unspecified atom stereocenters. The molecule has 0 spiro atoms. The second kappa shape index (κ2) is 4.54. The number of fused-ring (bicyclic) bond motifs is 1. The summed E-state index contributed by atoms with van der Waals surface area (Å²) in [6, 6.07) is 0. The fraction of sp³-hybridized carbons (Fsp3) is 0.500. The van der Waals surface area contributed by atoms with Gasteiger partial charge in [-0.15, -0.1) is 0 Å². The number of nitrogens with zero attached hydrogens (tertiary/aromatic N) is 1. The van der Waals surface area contributed by atoms with E-state index in [1.54, 1.807) is 0 Å². The first-order valence-electron chi connectivity index (χ1n) is 5.54. The number of hydrogen-bond donors (Lipinski definition) is 4. The summed E-state index contributed by atoms with van der Waals surface area (Å²) in [5.74, 6) is 0.870. The van der Waals surface area contributed by atoms with Crippen LogP contribution in [0.4, 0.5) is 0 Å². The maximum Gasteiger partial charge on any atom is 0.327 e. The Balaban J connectivity index is 2.41. The first-order valence-corrected chi connectivity index (χ1v) is 5.54. The van der Waals surface area contributed by atoms with Crippen molar-refractivity contribution >= 4 is 11.2 Å². The number of imidazole rings is 1. The molecule has 5 N–H and O–H groups in total. The van der Waals surface area contributed by atoms with Crippen molar-refractivity contribution in [1.82, 2.24) is 19.9 Å². The Morgan fingerprint density at radius 3 is 2.76 bits per heavy atom. The van der Waals surface area contributed by atoms with Gasteiger partial charge in [-0.3, -0.25) is 14.8 Å². The summed E-state index contributed by atoms with van der Waals surface area (Å²) in [6.45, 7) is 2.63. The van der Waals surface area contributed by atoms with E-state index in [1.807, 2.05) is 6.92 Å². The highest BCUT2D eigenvalue weighted by Gasteiger charge is 2.12. The van der Waals surface area contributed by atoms with E-state index in [0.717, 1.165) is 12.8 Å². The third-order valence-corrected chi connectivity index (χ3v) is 2.72. The van der Waals surface area contributed by atoms with E-state index in [1.165, 1.54) is 0 Å². The molecular weight excluding hydrogens is 222 g/mol. The predicted molar refractivity (Wildman–Crippen MR) is 64.0 cm³/mol. The van der Waals surface area contributed by atoms with Gasteiger partial charge in [-0.25, -0.2) is 9.78 Å². The monoisotopic (exact) mass is 237 g/mol. The standard InChI is InChI=1S/C10H15N5O2/c1-5(3-2-4-11)7-12-6-8(13-7)14-10(17)15-9(6)16/h5H,2-4,11H2,1H3,(H3,12,13,14,15,16,17). The van der Waals surface area contributed by atoms with Gasteiger partial charge in [0, 0.05) is 5.92 Å². The summed E-state index contributed by atoms with van der Waals surface area (Å²) in [7, 11) is 0. The minimum Gasteiger partial charge on any atom is -0.336 e. The molecule has 7 nitrogen and oxygen atoms in total. The van der Waals surface area contributed by atoms with Gasteiger partial charge < -0.3 is 10.7 Å². The Hall–Kier alpha value is -1.89. The molecule has 2 aromatic rings. The number of nitrogens with two attached hydrogens (primary N) is 1. The Labute approximate surface area is 96.5 Å². The Bertz CT molecular complexity index is 623. The van der Waals surface area contributed by atoms with Gasteiger partial charge in [-0.05, 0) is 19.4 Å². The van der Waals surface area contributed by atoms with Gasteiger partial charge in [0.15, 0.2) is 5.65 Å². The molecule has 17 heavy (non-hydrogen) atoms. The SMILES string of the molecule is CC(CCCN)c1nc2[nH]c(=O)[nH]c(=O)c2[nH]1. The van der Waals surface area contributed by atoms with Crippen LogP contribution >= 0.6 is 0 Å². The molecule has 92 valence electrons. The maximum absolute atomic E-state index is 11.5. The van der Waals surface area contributed by atoms with Gasteiger partial charge in [-0.1, -0.05) is 6.92 Å². The van der Waals surface area contributed by atoms with Crippen LogP contribution in [0.15, 0.2) is 9.59 Å². The number of rotatable bonds is 4. The van der Waals surface area contributed by atoms with E-state index >= 15 is 0 Å². The minimum atomic E-state index is -0.546. The summed E-state index contributed by atoms with van der Waals surface area (Å²) in [5, 5.41) is 0. The highest BCUT2D eigenvalue weighted by atomic mass is 16.2. The summed E-state index contributed by atoms with van der Waals surface area (Å²) in [5.41, 5.74) is 5.05. The lowest BCUT2D eigenvalue weighted by Gasteiger charge is -2.05. The maximum atomic E-state index is 11.5. The van der Waals surface area contributed by atoms with Crippen molar-refractivity contribution in [2.24, 2.45) is 5.73 Å². The summed E-state index contributed by atoms with van der Waals surface area (Å²) >= 11 is 0. The third kappa shape index (κ3) is 2.28. The largest absolute Gasteiger partial charge is 0.336 e. The molecule has 2 heterocycles. The van der Waals surface area contributed by atoms with Crippen LogP contribution in [0.2, 0.25) is 0 Å². The Morgan fingerprint density at radius 1 is 1.29 bits per heavy atom. The Morgan fingerprint density at radius 2 is 2.06 bits per heavy atom. The fourth-order valence-corrected chi connectivity index (χ4v) is 1.74. The average Bonchev–Trinajstić information content (AvgIpc) is 2.69. The Kier molecular flexibility index (Phi) is 3.10. The molecule has 0 aromatic carbocycles. The highest BCUT2D eigenvalue weighted by Crippen LogP contribution is 2.18. The second-order valence-corrected chi connectivity index (χ2v) is 4.09. The van der Waals surface area contributed by atoms with Crippen molar-refractivity contribution in [2.75, 3.05) is 6.54 Å². The van der Waals surface area contributed by atoms with Gasteiger partial charge in [0.05, 0.1) is 0 Å². The van der Waals surface area contributed by atoms with Crippen LogP contribution in [0.25, 0.3) is 11.2 Å². The minimum absolute atomic E-state index is 0.175. The van der Waals surface area contributed by atoms with Crippen molar-refractivity contribution in [2.45, 2.75) is 25.7 Å². The molecule has 0 saturated heterocycles. The van der Waals surface area contributed by atoms with E-state index in [-0.39, 0.29) is 5.92 Å². The molecule has 0 amide bonds. The topological polar surface area (TPSA) is 120 Å². The lowest BCUT2D eigenvalue weighted by atomic mass is 10.1. The molecule has 7 heteroatoms. The zero-order chi connectivity index (χ0) is 12.4. The second-order valence-electron chi connectivity index (χ2n) is 4.09. The molecule has 0 fully saturated rings. The number of hydrogen-bond acceptors (Lipinski definition) is 4. The van der Waals surface area contributed by atoms with Crippen LogP contribution in [0.1, 0.15) is 31.5 Å². The molecular formula is C10H15N5O2. The molecule has 0 aliphatic carbocycles. The molecule has 2 aromatic heterocycles. The molecule has 0 bridgehead atoms. The number of aromatic nitrogens is 4. The third-order valence-electron chi connectivity index (χ3n) is 2.72. The number of H-pyrrole nitrogens is 3. The zero-order valence-corrected chi connectivity index (χ0v) is 9.54. The van der Waals surface area contributed by atoms with E-state index < -0.39 is 11.2 Å². The van der Waals surface area contributed by atoms with Crippen molar-refractivity contribution in [3.63, 3.8) is 0 Å². The summed E-state index contributed by atoms with van der Waals surface area (Å²) < 4.78 is 0. The number of aromatic amines is 3. The zero-order valence-electron chi connectivity index (χ0n) is 9.54. The van der Waals surface area contributed by atoms with Crippen molar-refractivity contribution in [3.8, 4) is 0 Å². The fourth-order valence-electron chi connectivity index (χ4n) is 1.74. The molecule has 0 saturated carbocycles. The summed E-state index contributed by atoms with van der Waals surface area (Å²) in [4.78, 5) is 34.3. The lowest BCUT2D eigenvalue weighted by molar-refractivity contribution is 0.616. The van der Waals surface area contributed by atoms with Crippen molar-refractivity contribution < 1.29 is 0 Å². The van der Waals surface area contributed by atoms with Gasteiger partial charge in [0.25, 0.3) is 5.56 Å². The molecule has 0 aliphatic rings. The van der Waals surface area contributed by atoms with Crippen molar-refractivity contribution in [1.29, 1.82) is 0 Å². The van der Waals surface area contributed by atoms with E-state index in [0.29, 0.717) is 23.5 Å². The van der Waals surface area contributed by atoms with Crippen LogP contribution < -0.4 is 17.0 Å². The van der Waals surface area contributed by atoms with Crippen LogP contribution in [-0.4, -0.2) is 26.5 Å².